The molecule has 2 aromatic rings. The number of benzene rings is 2. The number of ether oxygens (including phenoxy) is 2. The number of carbonyl (C=O) groups excluding carboxylic acids is 1. The van der Waals surface area contributed by atoms with E-state index in [1.54, 1.807) is 18.1 Å². The molecule has 5 nitrogen and oxygen atoms in total. The Hall–Kier alpha value is -1.95. The van der Waals surface area contributed by atoms with Crippen molar-refractivity contribution in [1.29, 1.82) is 0 Å². The summed E-state index contributed by atoms with van der Waals surface area (Å²) in [5, 5.41) is 0.493. The zero-order valence-electron chi connectivity index (χ0n) is 18.3. The number of halogens is 2. The molecule has 1 amide bonds. The Morgan fingerprint density at radius 1 is 1.10 bits per heavy atom. The van der Waals surface area contributed by atoms with Gasteiger partial charge in [0.05, 0.1) is 23.7 Å². The molecule has 0 radical (unpaired) electrons. The number of carbonyl (C=O) groups is 1. The summed E-state index contributed by atoms with van der Waals surface area (Å²) in [5.41, 5.74) is 2.32. The third-order valence-corrected chi connectivity index (χ3v) is 6.60. The van der Waals surface area contributed by atoms with Gasteiger partial charge in [0.1, 0.15) is 6.61 Å². The number of hydrogen-bond donors (Lipinski definition) is 0. The number of piperidine rings is 1. The van der Waals surface area contributed by atoms with Crippen LogP contribution in [0.4, 0.5) is 5.69 Å². The van der Waals surface area contributed by atoms with E-state index in [9.17, 15) is 4.79 Å². The highest BCUT2D eigenvalue weighted by atomic mass is 35.5. The lowest BCUT2D eigenvalue weighted by atomic mass is 9.99. The minimum absolute atomic E-state index is 0. The number of hydrogen-bond acceptors (Lipinski definition) is 4. The first kappa shape index (κ1) is 23.7. The van der Waals surface area contributed by atoms with Gasteiger partial charge in [-0.05, 0) is 62.5 Å². The van der Waals surface area contributed by atoms with Crippen LogP contribution in [0.15, 0.2) is 36.4 Å². The first-order chi connectivity index (χ1) is 14.5. The molecule has 2 aromatic carbocycles. The summed E-state index contributed by atoms with van der Waals surface area (Å²) in [6, 6.07) is 11.2. The van der Waals surface area contributed by atoms with E-state index in [0.717, 1.165) is 36.8 Å². The predicted molar refractivity (Wildman–Crippen MR) is 127 cm³/mol. The van der Waals surface area contributed by atoms with Gasteiger partial charge in [-0.1, -0.05) is 30.7 Å². The summed E-state index contributed by atoms with van der Waals surface area (Å²) >= 11 is 6.32. The molecule has 0 aromatic heterocycles. The lowest BCUT2D eigenvalue weighted by molar-refractivity contribution is 0.0992. The Balaban J connectivity index is 0.00000272. The molecule has 1 fully saturated rings. The second kappa shape index (κ2) is 10.1. The maximum atomic E-state index is 13.1. The summed E-state index contributed by atoms with van der Waals surface area (Å²) in [5.74, 6) is 2.06. The molecule has 7 heteroatoms. The van der Waals surface area contributed by atoms with E-state index in [1.165, 1.54) is 12.8 Å². The molecule has 1 saturated heterocycles. The minimum Gasteiger partial charge on any atom is -0.493 e. The Kier molecular flexibility index (Phi) is 7.73. The van der Waals surface area contributed by atoms with E-state index < -0.39 is 0 Å². The number of likely N-dealkylation sites (tertiary alicyclic amines) is 1. The number of methoxy groups -OCH3 is 1. The average Bonchev–Trinajstić information content (AvgIpc) is 3.00. The smallest absolute Gasteiger partial charge is 0.260 e. The Morgan fingerprint density at radius 2 is 1.84 bits per heavy atom. The highest BCUT2D eigenvalue weighted by molar-refractivity contribution is 6.35. The molecule has 0 saturated carbocycles. The van der Waals surface area contributed by atoms with Crippen LogP contribution in [0.25, 0.3) is 0 Å². The van der Waals surface area contributed by atoms with Crippen molar-refractivity contribution in [1.82, 2.24) is 4.90 Å². The Bertz CT molecular complexity index is 929. The van der Waals surface area contributed by atoms with Gasteiger partial charge in [0.25, 0.3) is 5.91 Å². The van der Waals surface area contributed by atoms with Gasteiger partial charge in [0, 0.05) is 18.3 Å². The van der Waals surface area contributed by atoms with Crippen LogP contribution in [0, 0.1) is 5.92 Å². The summed E-state index contributed by atoms with van der Waals surface area (Å²) < 4.78 is 11.6. The highest BCUT2D eigenvalue weighted by Crippen LogP contribution is 2.42. The molecule has 0 N–H and O–H groups in total. The van der Waals surface area contributed by atoms with Crippen molar-refractivity contribution in [3.8, 4) is 11.5 Å². The minimum atomic E-state index is -0.0946. The zero-order chi connectivity index (χ0) is 21.3. The molecule has 0 aliphatic carbocycles. The van der Waals surface area contributed by atoms with Crippen molar-refractivity contribution < 1.29 is 14.3 Å². The van der Waals surface area contributed by atoms with Crippen LogP contribution >= 0.6 is 24.0 Å². The third kappa shape index (κ3) is 4.79. The number of amides is 1. The van der Waals surface area contributed by atoms with E-state index >= 15 is 0 Å². The fourth-order valence-electron chi connectivity index (χ4n) is 4.39. The molecule has 0 bridgehead atoms. The molecular weight excluding hydrogens is 435 g/mol. The molecule has 168 valence electrons. The van der Waals surface area contributed by atoms with Gasteiger partial charge in [-0.25, -0.2) is 0 Å². The van der Waals surface area contributed by atoms with Crippen LogP contribution in [-0.4, -0.2) is 44.2 Å². The average molecular weight is 465 g/mol. The standard InChI is InChI=1S/C24H29ClN2O3.ClH/c1-16-9-11-26(12-10-16)13-14-30-22-15-18(7-8-21(22)29-3)27-17(2)19-5-4-6-20(25)23(19)24(27)28;/h4-8,15-17H,9-14H2,1-3H3;1H. The third-order valence-electron chi connectivity index (χ3n) is 6.28. The summed E-state index contributed by atoms with van der Waals surface area (Å²) in [7, 11) is 1.63. The first-order valence-electron chi connectivity index (χ1n) is 10.6. The van der Waals surface area contributed by atoms with Crippen molar-refractivity contribution in [3.63, 3.8) is 0 Å². The van der Waals surface area contributed by atoms with E-state index in [0.29, 0.717) is 28.7 Å². The zero-order valence-corrected chi connectivity index (χ0v) is 19.8. The first-order valence-corrected chi connectivity index (χ1v) is 11.0. The molecule has 2 aliphatic heterocycles. The summed E-state index contributed by atoms with van der Waals surface area (Å²) in [6.07, 6.45) is 2.49. The normalized spacial score (nSPS) is 19.2. The summed E-state index contributed by atoms with van der Waals surface area (Å²) in [6.45, 7) is 8.06. The van der Waals surface area contributed by atoms with Crippen molar-refractivity contribution in [3.05, 3.63) is 52.5 Å². The van der Waals surface area contributed by atoms with Crippen molar-refractivity contribution in [2.75, 3.05) is 38.3 Å². The molecular formula is C24H30Cl2N2O3. The van der Waals surface area contributed by atoms with Crippen molar-refractivity contribution >= 4 is 35.6 Å². The molecule has 2 aliphatic rings. The van der Waals surface area contributed by atoms with Crippen LogP contribution in [-0.2, 0) is 0 Å². The fraction of sp³-hybridized carbons (Fsp3) is 0.458. The lowest BCUT2D eigenvalue weighted by Gasteiger charge is -2.30. The number of nitrogens with zero attached hydrogens (tertiary/aromatic N) is 2. The van der Waals surface area contributed by atoms with Gasteiger partial charge in [-0.15, -0.1) is 12.4 Å². The molecule has 0 spiro atoms. The van der Waals surface area contributed by atoms with Crippen LogP contribution in [0.2, 0.25) is 5.02 Å². The van der Waals surface area contributed by atoms with Gasteiger partial charge in [0.2, 0.25) is 0 Å². The second-order valence-electron chi connectivity index (χ2n) is 8.26. The quantitative estimate of drug-likeness (QED) is 0.557. The summed E-state index contributed by atoms with van der Waals surface area (Å²) in [4.78, 5) is 17.3. The molecule has 4 rings (SSSR count). The van der Waals surface area contributed by atoms with E-state index in [2.05, 4.69) is 11.8 Å². The van der Waals surface area contributed by atoms with Crippen molar-refractivity contribution in [2.24, 2.45) is 5.92 Å². The largest absolute Gasteiger partial charge is 0.493 e. The molecule has 31 heavy (non-hydrogen) atoms. The van der Waals surface area contributed by atoms with E-state index in [4.69, 9.17) is 21.1 Å². The maximum Gasteiger partial charge on any atom is 0.260 e. The molecule has 1 atom stereocenters. The lowest BCUT2D eigenvalue weighted by Crippen LogP contribution is -2.35. The van der Waals surface area contributed by atoms with Gasteiger partial charge in [-0.2, -0.15) is 0 Å². The highest BCUT2D eigenvalue weighted by Gasteiger charge is 2.36. The number of rotatable bonds is 6. The molecule has 2 heterocycles. The second-order valence-corrected chi connectivity index (χ2v) is 8.67. The van der Waals surface area contributed by atoms with Crippen LogP contribution in [0.3, 0.4) is 0 Å². The van der Waals surface area contributed by atoms with Crippen LogP contribution in [0.5, 0.6) is 11.5 Å². The van der Waals surface area contributed by atoms with Gasteiger partial charge < -0.3 is 14.4 Å². The number of anilines is 1. The van der Waals surface area contributed by atoms with Crippen LogP contribution < -0.4 is 14.4 Å². The van der Waals surface area contributed by atoms with Gasteiger partial charge in [0.15, 0.2) is 11.5 Å². The Labute approximate surface area is 195 Å². The fourth-order valence-corrected chi connectivity index (χ4v) is 4.65. The number of fused-ring (bicyclic) bond motifs is 1. The predicted octanol–water partition coefficient (Wildman–Crippen LogP) is 5.60. The van der Waals surface area contributed by atoms with Crippen LogP contribution in [0.1, 0.15) is 48.7 Å². The molecule has 1 unspecified atom stereocenters. The topological polar surface area (TPSA) is 42.0 Å². The maximum absolute atomic E-state index is 13.1. The van der Waals surface area contributed by atoms with Gasteiger partial charge in [-0.3, -0.25) is 9.69 Å². The monoisotopic (exact) mass is 464 g/mol. The van der Waals surface area contributed by atoms with Crippen molar-refractivity contribution in [2.45, 2.75) is 32.7 Å². The van der Waals surface area contributed by atoms with E-state index in [-0.39, 0.29) is 24.4 Å². The van der Waals surface area contributed by atoms with Gasteiger partial charge >= 0.3 is 0 Å². The SMILES string of the molecule is COc1ccc(N2C(=O)c3c(Cl)cccc3C2C)cc1OCCN1CCC(C)CC1.Cl. The Morgan fingerprint density at radius 3 is 2.52 bits per heavy atom. The van der Waals surface area contributed by atoms with E-state index in [1.807, 2.05) is 37.3 Å².